The van der Waals surface area contributed by atoms with E-state index in [4.69, 9.17) is 5.11 Å². The van der Waals surface area contributed by atoms with Gasteiger partial charge in [-0.05, 0) is 18.4 Å². The zero-order valence-corrected chi connectivity index (χ0v) is 11.5. The van der Waals surface area contributed by atoms with Crippen LogP contribution in [0.1, 0.15) is 30.6 Å². The lowest BCUT2D eigenvalue weighted by molar-refractivity contribution is -0.385. The van der Waals surface area contributed by atoms with Gasteiger partial charge in [-0.3, -0.25) is 14.9 Å². The Morgan fingerprint density at radius 1 is 1.43 bits per heavy atom. The van der Waals surface area contributed by atoms with E-state index in [1.165, 1.54) is 0 Å². The van der Waals surface area contributed by atoms with Gasteiger partial charge in [-0.25, -0.2) is 9.18 Å². The zero-order valence-electron chi connectivity index (χ0n) is 11.5. The molecule has 1 amide bonds. The molecule has 7 nitrogen and oxygen atoms in total. The molecular weight excluding hydrogens is 283 g/mol. The van der Waals surface area contributed by atoms with E-state index in [1.54, 1.807) is 13.8 Å². The summed E-state index contributed by atoms with van der Waals surface area (Å²) in [5, 5.41) is 21.7. The molecule has 0 saturated carbocycles. The summed E-state index contributed by atoms with van der Waals surface area (Å²) in [7, 11) is 0. The van der Waals surface area contributed by atoms with E-state index in [0.29, 0.717) is 6.07 Å². The molecule has 0 fully saturated rings. The number of nitro benzene ring substituents is 1. The number of halogens is 1. The van der Waals surface area contributed by atoms with E-state index in [0.717, 1.165) is 12.1 Å². The first-order chi connectivity index (χ1) is 9.72. The maximum atomic E-state index is 13.7. The summed E-state index contributed by atoms with van der Waals surface area (Å²) in [5.74, 6) is -3.20. The zero-order chi connectivity index (χ0) is 16.2. The standard InChI is InChI=1S/C13H15FN2O5/c1-7(2)5-11(13(18)19)15-12(17)9-4-3-8(16(20)21)6-10(9)14/h3-4,6-7,11H,5H2,1-2H3,(H,15,17)(H,18,19)/t11-/m0/s1. The normalized spacial score (nSPS) is 12.0. The van der Waals surface area contributed by atoms with E-state index >= 15 is 0 Å². The molecule has 0 heterocycles. The third-order valence-corrected chi connectivity index (χ3v) is 2.72. The second kappa shape index (κ2) is 6.78. The van der Waals surface area contributed by atoms with Gasteiger partial charge in [0.2, 0.25) is 0 Å². The number of hydrogen-bond donors (Lipinski definition) is 2. The Kier molecular flexibility index (Phi) is 5.34. The summed E-state index contributed by atoms with van der Waals surface area (Å²) in [6, 6.07) is 1.41. The molecule has 21 heavy (non-hydrogen) atoms. The number of nitro groups is 1. The number of nitrogens with zero attached hydrogens (tertiary/aromatic N) is 1. The molecule has 2 N–H and O–H groups in total. The number of amides is 1. The Labute approximate surface area is 119 Å². The fourth-order valence-corrected chi connectivity index (χ4v) is 1.73. The summed E-state index contributed by atoms with van der Waals surface area (Å²) in [4.78, 5) is 32.6. The van der Waals surface area contributed by atoms with Gasteiger partial charge in [0.25, 0.3) is 11.6 Å². The number of carbonyl (C=O) groups excluding carboxylic acids is 1. The summed E-state index contributed by atoms with van der Waals surface area (Å²) >= 11 is 0. The average molecular weight is 298 g/mol. The minimum atomic E-state index is -1.22. The molecule has 0 aliphatic heterocycles. The first-order valence-corrected chi connectivity index (χ1v) is 6.20. The fourth-order valence-electron chi connectivity index (χ4n) is 1.73. The lowest BCUT2D eigenvalue weighted by atomic mass is 10.0. The van der Waals surface area contributed by atoms with Gasteiger partial charge in [-0.1, -0.05) is 13.8 Å². The van der Waals surface area contributed by atoms with Gasteiger partial charge >= 0.3 is 5.97 Å². The molecule has 114 valence electrons. The molecule has 1 atom stereocenters. The Balaban J connectivity index is 2.92. The average Bonchev–Trinajstić information content (AvgIpc) is 2.36. The van der Waals surface area contributed by atoms with Crippen LogP contribution < -0.4 is 5.32 Å². The highest BCUT2D eigenvalue weighted by molar-refractivity contribution is 5.97. The van der Waals surface area contributed by atoms with Gasteiger partial charge in [0, 0.05) is 6.07 Å². The summed E-state index contributed by atoms with van der Waals surface area (Å²) in [6.45, 7) is 3.57. The highest BCUT2D eigenvalue weighted by Gasteiger charge is 2.24. The van der Waals surface area contributed by atoms with Gasteiger partial charge in [0.15, 0.2) is 0 Å². The number of rotatable bonds is 6. The van der Waals surface area contributed by atoms with Crippen molar-refractivity contribution >= 4 is 17.6 Å². The summed E-state index contributed by atoms with van der Waals surface area (Å²) in [5.41, 5.74) is -0.920. The number of carboxylic acid groups (broad SMARTS) is 1. The molecule has 1 aromatic rings. The molecule has 0 aliphatic rings. The van der Waals surface area contributed by atoms with Crippen LogP contribution in [0.15, 0.2) is 18.2 Å². The van der Waals surface area contributed by atoms with Crippen molar-refractivity contribution < 1.29 is 24.0 Å². The number of aliphatic carboxylic acids is 1. The number of carboxylic acids is 1. The molecular formula is C13H15FN2O5. The predicted molar refractivity (Wildman–Crippen MR) is 71.4 cm³/mol. The monoisotopic (exact) mass is 298 g/mol. The summed E-state index contributed by atoms with van der Waals surface area (Å²) < 4.78 is 13.7. The second-order valence-electron chi connectivity index (χ2n) is 4.92. The smallest absolute Gasteiger partial charge is 0.326 e. The Bertz CT molecular complexity index is 574. The first kappa shape index (κ1) is 16.5. The largest absolute Gasteiger partial charge is 0.480 e. The number of nitrogens with one attached hydrogen (secondary N) is 1. The lowest BCUT2D eigenvalue weighted by Crippen LogP contribution is -2.41. The molecule has 0 aromatic heterocycles. The van der Waals surface area contributed by atoms with Crippen LogP contribution in [0.5, 0.6) is 0 Å². The molecule has 1 aromatic carbocycles. The van der Waals surface area contributed by atoms with Gasteiger partial charge < -0.3 is 10.4 Å². The molecule has 0 saturated heterocycles. The van der Waals surface area contributed by atoms with Crippen molar-refractivity contribution in [3.05, 3.63) is 39.7 Å². The van der Waals surface area contributed by atoms with Crippen LogP contribution in [0.2, 0.25) is 0 Å². The topological polar surface area (TPSA) is 110 Å². The number of hydrogen-bond acceptors (Lipinski definition) is 4. The van der Waals surface area contributed by atoms with E-state index in [-0.39, 0.29) is 12.3 Å². The Morgan fingerprint density at radius 2 is 2.05 bits per heavy atom. The number of non-ortho nitro benzene ring substituents is 1. The van der Waals surface area contributed by atoms with E-state index in [9.17, 15) is 24.1 Å². The quantitative estimate of drug-likeness (QED) is 0.616. The Hall–Kier alpha value is -2.51. The fraction of sp³-hybridized carbons (Fsp3) is 0.385. The molecule has 0 radical (unpaired) electrons. The van der Waals surface area contributed by atoms with Crippen LogP contribution in [-0.2, 0) is 4.79 Å². The molecule has 0 bridgehead atoms. The number of benzene rings is 1. The van der Waals surface area contributed by atoms with Gasteiger partial charge in [0.05, 0.1) is 16.6 Å². The van der Waals surface area contributed by atoms with E-state index in [2.05, 4.69) is 5.32 Å². The van der Waals surface area contributed by atoms with Crippen LogP contribution in [0.4, 0.5) is 10.1 Å². The van der Waals surface area contributed by atoms with Crippen LogP contribution in [0.3, 0.4) is 0 Å². The highest BCUT2D eigenvalue weighted by Crippen LogP contribution is 2.17. The number of carbonyl (C=O) groups is 2. The minimum absolute atomic E-state index is 0.0214. The maximum absolute atomic E-state index is 13.7. The van der Waals surface area contributed by atoms with Crippen LogP contribution >= 0.6 is 0 Å². The van der Waals surface area contributed by atoms with Crippen molar-refractivity contribution in [2.24, 2.45) is 5.92 Å². The molecule has 0 aliphatic carbocycles. The minimum Gasteiger partial charge on any atom is -0.480 e. The van der Waals surface area contributed by atoms with Crippen molar-refractivity contribution in [1.29, 1.82) is 0 Å². The van der Waals surface area contributed by atoms with Gasteiger partial charge in [-0.2, -0.15) is 0 Å². The van der Waals surface area contributed by atoms with Crippen molar-refractivity contribution in [2.45, 2.75) is 26.3 Å². The second-order valence-corrected chi connectivity index (χ2v) is 4.92. The third kappa shape index (κ3) is 4.51. The van der Waals surface area contributed by atoms with Crippen molar-refractivity contribution in [3.63, 3.8) is 0 Å². The predicted octanol–water partition coefficient (Wildman–Crippen LogP) is 1.96. The molecule has 8 heteroatoms. The Morgan fingerprint density at radius 3 is 2.48 bits per heavy atom. The molecule has 1 rings (SSSR count). The third-order valence-electron chi connectivity index (χ3n) is 2.72. The van der Waals surface area contributed by atoms with Crippen LogP contribution in [0, 0.1) is 21.8 Å². The van der Waals surface area contributed by atoms with Gasteiger partial charge in [0.1, 0.15) is 11.9 Å². The lowest BCUT2D eigenvalue weighted by Gasteiger charge is -2.16. The van der Waals surface area contributed by atoms with Crippen molar-refractivity contribution in [1.82, 2.24) is 5.32 Å². The van der Waals surface area contributed by atoms with Crippen molar-refractivity contribution in [3.8, 4) is 0 Å². The van der Waals surface area contributed by atoms with Crippen LogP contribution in [-0.4, -0.2) is 27.9 Å². The van der Waals surface area contributed by atoms with Crippen LogP contribution in [0.25, 0.3) is 0 Å². The SMILES string of the molecule is CC(C)C[C@H](NC(=O)c1ccc([N+](=O)[O-])cc1F)C(=O)O. The maximum Gasteiger partial charge on any atom is 0.326 e. The summed E-state index contributed by atoms with van der Waals surface area (Å²) in [6.07, 6.45) is 0.190. The van der Waals surface area contributed by atoms with E-state index in [1.807, 2.05) is 0 Å². The van der Waals surface area contributed by atoms with Gasteiger partial charge in [-0.15, -0.1) is 0 Å². The van der Waals surface area contributed by atoms with E-state index < -0.39 is 39.9 Å². The molecule has 0 spiro atoms. The van der Waals surface area contributed by atoms with Crippen molar-refractivity contribution in [2.75, 3.05) is 0 Å². The highest BCUT2D eigenvalue weighted by atomic mass is 19.1. The first-order valence-electron chi connectivity index (χ1n) is 6.20. The molecule has 0 unspecified atom stereocenters.